The largest absolute Gasteiger partial charge is 0.387 e. The van der Waals surface area contributed by atoms with Gasteiger partial charge in [-0.2, -0.15) is 0 Å². The van der Waals surface area contributed by atoms with Crippen LogP contribution in [0.2, 0.25) is 0 Å². The smallest absolute Gasteiger partial charge is 0.0948 e. The molecule has 110 valence electrons. The third-order valence-corrected chi connectivity index (χ3v) is 5.39. The third kappa shape index (κ3) is 2.40. The molecule has 0 saturated heterocycles. The van der Waals surface area contributed by atoms with E-state index in [1.807, 2.05) is 0 Å². The van der Waals surface area contributed by atoms with E-state index in [4.69, 9.17) is 0 Å². The average Bonchev–Trinajstić information content (AvgIpc) is 2.99. The van der Waals surface area contributed by atoms with Gasteiger partial charge < -0.3 is 5.11 Å². The topological polar surface area (TPSA) is 23.5 Å². The molecule has 1 aromatic carbocycles. The van der Waals surface area contributed by atoms with Gasteiger partial charge in [-0.15, -0.1) is 0 Å². The highest BCUT2D eigenvalue weighted by molar-refractivity contribution is 5.35. The van der Waals surface area contributed by atoms with Gasteiger partial charge in [0.2, 0.25) is 0 Å². The SMILES string of the molecule is CCN(C1CCCC1)C1CC(C)c2ccccc2C1O. The normalized spacial score (nSPS) is 30.7. The summed E-state index contributed by atoms with van der Waals surface area (Å²) in [4.78, 5) is 2.59. The van der Waals surface area contributed by atoms with E-state index in [9.17, 15) is 5.11 Å². The molecule has 3 unspecified atom stereocenters. The zero-order valence-electron chi connectivity index (χ0n) is 12.8. The van der Waals surface area contributed by atoms with Gasteiger partial charge in [-0.3, -0.25) is 4.90 Å². The van der Waals surface area contributed by atoms with Crippen LogP contribution >= 0.6 is 0 Å². The molecule has 0 aromatic heterocycles. The number of nitrogens with zero attached hydrogens (tertiary/aromatic N) is 1. The maximum absolute atomic E-state index is 10.9. The van der Waals surface area contributed by atoms with Crippen molar-refractivity contribution in [2.75, 3.05) is 6.54 Å². The second-order valence-electron chi connectivity index (χ2n) is 6.55. The molecule has 0 bridgehead atoms. The van der Waals surface area contributed by atoms with Crippen molar-refractivity contribution in [2.24, 2.45) is 0 Å². The van der Waals surface area contributed by atoms with Crippen LogP contribution in [0, 0.1) is 0 Å². The predicted molar refractivity (Wildman–Crippen MR) is 82.9 cm³/mol. The molecule has 2 aliphatic rings. The summed E-state index contributed by atoms with van der Waals surface area (Å²) in [5.74, 6) is 0.551. The van der Waals surface area contributed by atoms with Crippen molar-refractivity contribution in [3.05, 3.63) is 35.4 Å². The molecule has 3 rings (SSSR count). The zero-order chi connectivity index (χ0) is 14.1. The maximum Gasteiger partial charge on any atom is 0.0948 e. The number of hydrogen-bond donors (Lipinski definition) is 1. The molecule has 0 spiro atoms. The third-order valence-electron chi connectivity index (χ3n) is 5.39. The fourth-order valence-electron chi connectivity index (χ4n) is 4.37. The molecule has 0 heterocycles. The Kier molecular flexibility index (Phi) is 4.13. The minimum absolute atomic E-state index is 0.299. The first-order chi connectivity index (χ1) is 9.72. The minimum atomic E-state index is -0.317. The highest BCUT2D eigenvalue weighted by Gasteiger charge is 2.37. The first kappa shape index (κ1) is 14.1. The van der Waals surface area contributed by atoms with Gasteiger partial charge in [0.15, 0.2) is 0 Å². The number of aliphatic hydroxyl groups excluding tert-OH is 1. The van der Waals surface area contributed by atoms with E-state index in [1.54, 1.807) is 0 Å². The van der Waals surface area contributed by atoms with E-state index >= 15 is 0 Å². The maximum atomic E-state index is 10.9. The number of fused-ring (bicyclic) bond motifs is 1. The van der Waals surface area contributed by atoms with Crippen molar-refractivity contribution in [1.29, 1.82) is 0 Å². The monoisotopic (exact) mass is 273 g/mol. The Morgan fingerprint density at radius 3 is 2.45 bits per heavy atom. The summed E-state index contributed by atoms with van der Waals surface area (Å²) in [5.41, 5.74) is 2.51. The van der Waals surface area contributed by atoms with Crippen LogP contribution in [0.5, 0.6) is 0 Å². The Bertz CT molecular complexity index is 452. The van der Waals surface area contributed by atoms with E-state index in [1.165, 1.54) is 31.2 Å². The van der Waals surface area contributed by atoms with E-state index in [2.05, 4.69) is 43.0 Å². The number of rotatable bonds is 3. The summed E-state index contributed by atoms with van der Waals surface area (Å²) >= 11 is 0. The van der Waals surface area contributed by atoms with Crippen molar-refractivity contribution in [3.63, 3.8) is 0 Å². The summed E-state index contributed by atoms with van der Waals surface area (Å²) in [7, 11) is 0. The van der Waals surface area contributed by atoms with Gasteiger partial charge in [-0.1, -0.05) is 51.0 Å². The number of likely N-dealkylation sites (N-methyl/N-ethyl adjacent to an activating group) is 1. The van der Waals surface area contributed by atoms with Crippen molar-refractivity contribution in [3.8, 4) is 0 Å². The Balaban J connectivity index is 1.87. The first-order valence-electron chi connectivity index (χ1n) is 8.25. The van der Waals surface area contributed by atoms with Crippen molar-refractivity contribution in [1.82, 2.24) is 4.90 Å². The molecule has 1 N–H and O–H groups in total. The number of aliphatic hydroxyl groups is 1. The van der Waals surface area contributed by atoms with Gasteiger partial charge in [-0.25, -0.2) is 0 Å². The Labute approximate surface area is 122 Å². The van der Waals surface area contributed by atoms with Crippen LogP contribution in [0.1, 0.15) is 69.1 Å². The lowest BCUT2D eigenvalue weighted by Crippen LogP contribution is -2.47. The molecule has 20 heavy (non-hydrogen) atoms. The highest BCUT2D eigenvalue weighted by Crippen LogP contribution is 2.41. The number of hydrogen-bond acceptors (Lipinski definition) is 2. The van der Waals surface area contributed by atoms with Gasteiger partial charge in [0.1, 0.15) is 0 Å². The van der Waals surface area contributed by atoms with Gasteiger partial charge in [0.25, 0.3) is 0 Å². The fraction of sp³-hybridized carbons (Fsp3) is 0.667. The second kappa shape index (κ2) is 5.87. The zero-order valence-corrected chi connectivity index (χ0v) is 12.8. The van der Waals surface area contributed by atoms with Gasteiger partial charge >= 0.3 is 0 Å². The Morgan fingerprint density at radius 1 is 1.15 bits per heavy atom. The van der Waals surface area contributed by atoms with Crippen LogP contribution < -0.4 is 0 Å². The van der Waals surface area contributed by atoms with Crippen molar-refractivity contribution < 1.29 is 5.11 Å². The number of benzene rings is 1. The molecule has 2 heteroatoms. The molecule has 1 saturated carbocycles. The Morgan fingerprint density at radius 2 is 1.80 bits per heavy atom. The van der Waals surface area contributed by atoms with Crippen molar-refractivity contribution >= 4 is 0 Å². The first-order valence-corrected chi connectivity index (χ1v) is 8.25. The van der Waals surface area contributed by atoms with E-state index in [0.717, 1.165) is 18.5 Å². The van der Waals surface area contributed by atoms with Crippen LogP contribution in [-0.2, 0) is 0 Å². The van der Waals surface area contributed by atoms with Crippen LogP contribution in [-0.4, -0.2) is 28.6 Å². The molecular formula is C18H27NO. The summed E-state index contributed by atoms with van der Waals surface area (Å²) in [6, 6.07) is 9.45. The van der Waals surface area contributed by atoms with Crippen molar-refractivity contribution in [2.45, 2.75) is 70.1 Å². The highest BCUT2D eigenvalue weighted by atomic mass is 16.3. The molecule has 2 nitrogen and oxygen atoms in total. The lowest BCUT2D eigenvalue weighted by Gasteiger charge is -2.43. The van der Waals surface area contributed by atoms with Gasteiger partial charge in [0.05, 0.1) is 6.10 Å². The summed E-state index contributed by atoms with van der Waals surface area (Å²) < 4.78 is 0. The van der Waals surface area contributed by atoms with Gasteiger partial charge in [0, 0.05) is 12.1 Å². The van der Waals surface area contributed by atoms with E-state index < -0.39 is 0 Å². The van der Waals surface area contributed by atoms with E-state index in [0.29, 0.717) is 18.0 Å². The standard InChI is InChI=1S/C18H27NO/c1-3-19(14-8-4-5-9-14)17-12-13(2)15-10-6-7-11-16(15)18(17)20/h6-7,10-11,13-14,17-18,20H,3-5,8-9,12H2,1-2H3. The second-order valence-corrected chi connectivity index (χ2v) is 6.55. The van der Waals surface area contributed by atoms with Crippen LogP contribution in [0.3, 0.4) is 0 Å². The fourth-order valence-corrected chi connectivity index (χ4v) is 4.37. The summed E-state index contributed by atoms with van der Waals surface area (Å²) in [5, 5.41) is 10.9. The molecule has 0 radical (unpaired) electrons. The molecule has 3 atom stereocenters. The molecule has 1 aromatic rings. The van der Waals surface area contributed by atoms with Crippen LogP contribution in [0.4, 0.5) is 0 Å². The lowest BCUT2D eigenvalue weighted by atomic mass is 9.78. The van der Waals surface area contributed by atoms with E-state index in [-0.39, 0.29) is 6.10 Å². The molecule has 1 fully saturated rings. The van der Waals surface area contributed by atoms with Gasteiger partial charge in [-0.05, 0) is 42.9 Å². The quantitative estimate of drug-likeness (QED) is 0.904. The molecular weight excluding hydrogens is 246 g/mol. The average molecular weight is 273 g/mol. The summed E-state index contributed by atoms with van der Waals surface area (Å²) in [6.07, 6.45) is 6.11. The molecule has 2 aliphatic carbocycles. The Hall–Kier alpha value is -0.860. The molecule has 0 aliphatic heterocycles. The van der Waals surface area contributed by atoms with Crippen LogP contribution in [0.15, 0.2) is 24.3 Å². The van der Waals surface area contributed by atoms with Crippen LogP contribution in [0.25, 0.3) is 0 Å². The lowest BCUT2D eigenvalue weighted by molar-refractivity contribution is 0.0115. The summed E-state index contributed by atoms with van der Waals surface area (Å²) in [6.45, 7) is 5.61. The molecule has 0 amide bonds. The minimum Gasteiger partial charge on any atom is -0.387 e. The predicted octanol–water partition coefficient (Wildman–Crippen LogP) is 3.86.